The van der Waals surface area contributed by atoms with Gasteiger partial charge in [0.05, 0.1) is 18.2 Å². The standard InChI is InChI=1S/C27H17ClFN3O/c28-20-9-12-22-19(14-20)8-13-23-27(15-30,16-31)24(17-4-2-1-3-5-17)25(32(22)23)26(33)18-6-10-21(29)11-7-18/h1-14,23-25H/t23-,24-,25+/m0/s1. The Morgan fingerprint density at radius 2 is 1.70 bits per heavy atom. The van der Waals surface area contributed by atoms with Crippen LogP contribution in [0.5, 0.6) is 0 Å². The number of Topliss-reactive ketones (excluding diaryl/α,β-unsaturated/α-hetero) is 1. The van der Waals surface area contributed by atoms with E-state index in [9.17, 15) is 19.7 Å². The summed E-state index contributed by atoms with van der Waals surface area (Å²) in [6, 6.07) is 22.9. The Balaban J connectivity index is 1.78. The Morgan fingerprint density at radius 1 is 1.00 bits per heavy atom. The summed E-state index contributed by atoms with van der Waals surface area (Å²) in [4.78, 5) is 15.8. The fraction of sp³-hybridized carbons (Fsp3) is 0.148. The molecule has 0 bridgehead atoms. The lowest BCUT2D eigenvalue weighted by molar-refractivity contribution is 0.0951. The number of nitrogens with zero attached hydrogens (tertiary/aromatic N) is 3. The van der Waals surface area contributed by atoms with Crippen LogP contribution in [-0.4, -0.2) is 17.9 Å². The van der Waals surface area contributed by atoms with Crippen LogP contribution in [0.3, 0.4) is 0 Å². The first-order chi connectivity index (χ1) is 16.0. The maximum Gasteiger partial charge on any atom is 0.185 e. The molecule has 33 heavy (non-hydrogen) atoms. The first-order valence-electron chi connectivity index (χ1n) is 10.4. The summed E-state index contributed by atoms with van der Waals surface area (Å²) < 4.78 is 13.6. The highest BCUT2D eigenvalue weighted by atomic mass is 35.5. The van der Waals surface area contributed by atoms with E-state index in [1.165, 1.54) is 24.3 Å². The Hall–Kier alpha value is -3.93. The van der Waals surface area contributed by atoms with Crippen molar-refractivity contribution in [1.29, 1.82) is 10.5 Å². The van der Waals surface area contributed by atoms with Crippen LogP contribution >= 0.6 is 11.6 Å². The van der Waals surface area contributed by atoms with E-state index in [1.807, 2.05) is 47.4 Å². The molecular formula is C27H17ClFN3O. The molecule has 0 unspecified atom stereocenters. The summed E-state index contributed by atoms with van der Waals surface area (Å²) in [5.41, 5.74) is 1.04. The van der Waals surface area contributed by atoms with Crippen LogP contribution in [0.4, 0.5) is 10.1 Å². The van der Waals surface area contributed by atoms with Crippen molar-refractivity contribution in [2.45, 2.75) is 18.0 Å². The maximum absolute atomic E-state index is 14.0. The normalized spacial score (nSPS) is 22.1. The second-order valence-electron chi connectivity index (χ2n) is 8.21. The van der Waals surface area contributed by atoms with Gasteiger partial charge >= 0.3 is 0 Å². The summed E-state index contributed by atoms with van der Waals surface area (Å²) >= 11 is 6.20. The van der Waals surface area contributed by atoms with Crippen molar-refractivity contribution in [3.8, 4) is 12.1 Å². The number of rotatable bonds is 3. The highest BCUT2D eigenvalue weighted by molar-refractivity contribution is 6.30. The minimum Gasteiger partial charge on any atom is -0.351 e. The summed E-state index contributed by atoms with van der Waals surface area (Å²) in [5.74, 6) is -1.46. The van der Waals surface area contributed by atoms with E-state index in [4.69, 9.17) is 11.6 Å². The Morgan fingerprint density at radius 3 is 2.36 bits per heavy atom. The van der Waals surface area contributed by atoms with E-state index in [0.717, 1.165) is 16.8 Å². The molecule has 3 aromatic carbocycles. The average Bonchev–Trinajstić information content (AvgIpc) is 3.15. The molecule has 0 radical (unpaired) electrons. The molecule has 3 atom stereocenters. The van der Waals surface area contributed by atoms with Crippen LogP contribution in [-0.2, 0) is 0 Å². The predicted octanol–water partition coefficient (Wildman–Crippen LogP) is 5.76. The second-order valence-corrected chi connectivity index (χ2v) is 8.65. The molecule has 160 valence electrons. The maximum atomic E-state index is 14.0. The lowest BCUT2D eigenvalue weighted by Crippen LogP contribution is -2.44. The van der Waals surface area contributed by atoms with Gasteiger partial charge in [0.15, 0.2) is 11.2 Å². The van der Waals surface area contributed by atoms with Gasteiger partial charge in [-0.2, -0.15) is 10.5 Å². The van der Waals surface area contributed by atoms with Crippen molar-refractivity contribution >= 4 is 29.1 Å². The monoisotopic (exact) mass is 453 g/mol. The van der Waals surface area contributed by atoms with Crippen LogP contribution in [0.25, 0.3) is 6.08 Å². The van der Waals surface area contributed by atoms with Crippen LogP contribution in [0.2, 0.25) is 5.02 Å². The molecule has 0 spiro atoms. The van der Waals surface area contributed by atoms with Gasteiger partial charge in [-0.25, -0.2) is 4.39 Å². The molecule has 0 N–H and O–H groups in total. The van der Waals surface area contributed by atoms with E-state index >= 15 is 0 Å². The largest absolute Gasteiger partial charge is 0.351 e. The van der Waals surface area contributed by atoms with Gasteiger partial charge in [-0.1, -0.05) is 54.1 Å². The molecule has 5 rings (SSSR count). The van der Waals surface area contributed by atoms with Gasteiger partial charge in [-0.05, 0) is 53.6 Å². The van der Waals surface area contributed by atoms with E-state index in [0.29, 0.717) is 10.6 Å². The second kappa shape index (κ2) is 7.89. The average molecular weight is 454 g/mol. The smallest absolute Gasteiger partial charge is 0.185 e. The van der Waals surface area contributed by atoms with Gasteiger partial charge < -0.3 is 4.90 Å². The molecule has 4 nitrogen and oxygen atoms in total. The SMILES string of the molecule is N#CC1(C#N)[C@@H]2C=Cc3cc(Cl)ccc3N2[C@@H](C(=O)c2ccc(F)cc2)[C@@H]1c1ccccc1. The van der Waals surface area contributed by atoms with Gasteiger partial charge in [0.2, 0.25) is 0 Å². The molecule has 0 aliphatic carbocycles. The summed E-state index contributed by atoms with van der Waals surface area (Å²) in [6.07, 6.45) is 3.65. The lowest BCUT2D eigenvalue weighted by Gasteiger charge is -2.35. The third kappa shape index (κ3) is 3.13. The lowest BCUT2D eigenvalue weighted by atomic mass is 9.69. The van der Waals surface area contributed by atoms with Gasteiger partial charge in [-0.15, -0.1) is 0 Å². The summed E-state index contributed by atoms with van der Waals surface area (Å²) in [7, 11) is 0. The molecular weight excluding hydrogens is 437 g/mol. The minimum atomic E-state index is -1.52. The zero-order chi connectivity index (χ0) is 23.2. The van der Waals surface area contributed by atoms with Gasteiger partial charge in [0, 0.05) is 22.2 Å². The quantitative estimate of drug-likeness (QED) is 0.472. The molecule has 3 aromatic rings. The first-order valence-corrected chi connectivity index (χ1v) is 10.8. The molecule has 0 amide bonds. The number of carbonyl (C=O) groups excluding carboxylic acids is 1. The number of hydrogen-bond donors (Lipinski definition) is 0. The molecule has 2 heterocycles. The zero-order valence-electron chi connectivity index (χ0n) is 17.3. The number of carbonyl (C=O) groups is 1. The van der Waals surface area contributed by atoms with Crippen molar-refractivity contribution in [1.82, 2.24) is 0 Å². The first kappa shape index (κ1) is 20.9. The van der Waals surface area contributed by atoms with Crippen LogP contribution in [0.15, 0.2) is 78.9 Å². The molecule has 1 fully saturated rings. The molecule has 0 saturated carbocycles. The minimum absolute atomic E-state index is 0.280. The number of nitriles is 2. The topological polar surface area (TPSA) is 67.9 Å². The van der Waals surface area contributed by atoms with E-state index in [2.05, 4.69) is 12.1 Å². The molecule has 1 saturated heterocycles. The summed E-state index contributed by atoms with van der Waals surface area (Å²) in [6.45, 7) is 0. The van der Waals surface area contributed by atoms with Crippen molar-refractivity contribution in [2.24, 2.45) is 5.41 Å². The molecule has 2 aliphatic rings. The van der Waals surface area contributed by atoms with E-state index in [-0.39, 0.29) is 5.78 Å². The van der Waals surface area contributed by atoms with Crippen LogP contribution < -0.4 is 4.90 Å². The number of hydrogen-bond acceptors (Lipinski definition) is 4. The number of fused-ring (bicyclic) bond motifs is 3. The number of halogens is 2. The fourth-order valence-corrected chi connectivity index (χ4v) is 5.26. The van der Waals surface area contributed by atoms with Gasteiger partial charge in [-0.3, -0.25) is 4.79 Å². The third-order valence-electron chi connectivity index (χ3n) is 6.52. The number of anilines is 1. The predicted molar refractivity (Wildman–Crippen MR) is 124 cm³/mol. The highest BCUT2D eigenvalue weighted by Gasteiger charge is 2.63. The highest BCUT2D eigenvalue weighted by Crippen LogP contribution is 2.55. The Kier molecular flexibility index (Phi) is 5.01. The zero-order valence-corrected chi connectivity index (χ0v) is 18.1. The summed E-state index contributed by atoms with van der Waals surface area (Å²) in [5, 5.41) is 21.3. The number of benzene rings is 3. The van der Waals surface area contributed by atoms with E-state index in [1.54, 1.807) is 18.2 Å². The fourth-order valence-electron chi connectivity index (χ4n) is 5.08. The van der Waals surface area contributed by atoms with E-state index < -0.39 is 29.2 Å². The van der Waals surface area contributed by atoms with Crippen molar-refractivity contribution in [3.05, 3.63) is 106 Å². The molecule has 6 heteroatoms. The Labute approximate surface area is 195 Å². The van der Waals surface area contributed by atoms with Crippen molar-refractivity contribution in [2.75, 3.05) is 4.90 Å². The van der Waals surface area contributed by atoms with Crippen LogP contribution in [0, 0.1) is 33.9 Å². The van der Waals surface area contributed by atoms with Gasteiger partial charge in [0.1, 0.15) is 11.9 Å². The van der Waals surface area contributed by atoms with Crippen molar-refractivity contribution < 1.29 is 9.18 Å². The molecule has 0 aromatic heterocycles. The Bertz CT molecular complexity index is 1340. The van der Waals surface area contributed by atoms with Gasteiger partial charge in [0.25, 0.3) is 0 Å². The third-order valence-corrected chi connectivity index (χ3v) is 6.76. The van der Waals surface area contributed by atoms with Crippen LogP contribution in [0.1, 0.15) is 27.4 Å². The van der Waals surface area contributed by atoms with Crippen molar-refractivity contribution in [3.63, 3.8) is 0 Å². The number of ketones is 1. The molecule has 2 aliphatic heterocycles.